The summed E-state index contributed by atoms with van der Waals surface area (Å²) in [4.78, 5) is 4.79. The predicted molar refractivity (Wildman–Crippen MR) is 87.6 cm³/mol. The van der Waals surface area contributed by atoms with Crippen molar-refractivity contribution in [3.8, 4) is 6.07 Å². The molecular formula is C18H21N3. The van der Waals surface area contributed by atoms with Gasteiger partial charge in [-0.2, -0.15) is 5.26 Å². The monoisotopic (exact) mass is 279 g/mol. The van der Waals surface area contributed by atoms with Gasteiger partial charge in [0.15, 0.2) is 0 Å². The maximum absolute atomic E-state index is 9.28. The number of hydrogen-bond donors (Lipinski definition) is 0. The number of piperidine rings is 1. The summed E-state index contributed by atoms with van der Waals surface area (Å²) in [7, 11) is 4.37. The molecule has 0 saturated carbocycles. The summed E-state index contributed by atoms with van der Waals surface area (Å²) in [5.41, 5.74) is 1.98. The van der Waals surface area contributed by atoms with Crippen molar-refractivity contribution >= 4 is 16.5 Å². The Balaban J connectivity index is 2.02. The Kier molecular flexibility index (Phi) is 3.81. The number of hydrogen-bond acceptors (Lipinski definition) is 3. The van der Waals surface area contributed by atoms with Crippen LogP contribution in [0.1, 0.15) is 18.4 Å². The summed E-state index contributed by atoms with van der Waals surface area (Å²) in [5, 5.41) is 11.5. The summed E-state index contributed by atoms with van der Waals surface area (Å²) in [5.74, 6) is 0. The van der Waals surface area contributed by atoms with E-state index in [0.29, 0.717) is 6.04 Å². The van der Waals surface area contributed by atoms with Crippen LogP contribution < -0.4 is 4.90 Å². The highest BCUT2D eigenvalue weighted by molar-refractivity contribution is 5.97. The molecule has 1 fully saturated rings. The third kappa shape index (κ3) is 2.59. The maximum atomic E-state index is 9.28. The molecule has 0 spiro atoms. The molecule has 0 bridgehead atoms. The zero-order valence-electron chi connectivity index (χ0n) is 12.7. The Labute approximate surface area is 126 Å². The average Bonchev–Trinajstić information content (AvgIpc) is 2.53. The molecule has 1 heterocycles. The quantitative estimate of drug-likeness (QED) is 0.845. The SMILES string of the molecule is CN1CCCC(N(C)c2ccc(C#N)c3ccccc23)C1. The van der Waals surface area contributed by atoms with Crippen LogP contribution in [0.2, 0.25) is 0 Å². The molecule has 1 unspecified atom stereocenters. The van der Waals surface area contributed by atoms with Gasteiger partial charge in [-0.1, -0.05) is 24.3 Å². The molecule has 2 aromatic carbocycles. The fourth-order valence-corrected chi connectivity index (χ4v) is 3.34. The highest BCUT2D eigenvalue weighted by Crippen LogP contribution is 2.31. The maximum Gasteiger partial charge on any atom is 0.0998 e. The van der Waals surface area contributed by atoms with E-state index in [-0.39, 0.29) is 0 Å². The molecule has 1 saturated heterocycles. The van der Waals surface area contributed by atoms with Crippen LogP contribution in [-0.2, 0) is 0 Å². The van der Waals surface area contributed by atoms with Crippen LogP contribution in [0.3, 0.4) is 0 Å². The third-order valence-electron chi connectivity index (χ3n) is 4.55. The Morgan fingerprint density at radius 1 is 1.19 bits per heavy atom. The first-order valence-electron chi connectivity index (χ1n) is 7.54. The smallest absolute Gasteiger partial charge is 0.0998 e. The number of likely N-dealkylation sites (tertiary alicyclic amines) is 1. The Hall–Kier alpha value is -2.05. The molecule has 0 aliphatic carbocycles. The lowest BCUT2D eigenvalue weighted by atomic mass is 10.00. The number of anilines is 1. The lowest BCUT2D eigenvalue weighted by Crippen LogP contribution is -2.45. The zero-order valence-corrected chi connectivity index (χ0v) is 12.7. The van der Waals surface area contributed by atoms with E-state index in [1.165, 1.54) is 30.5 Å². The van der Waals surface area contributed by atoms with Crippen molar-refractivity contribution in [2.75, 3.05) is 32.1 Å². The minimum Gasteiger partial charge on any atom is -0.370 e. The van der Waals surface area contributed by atoms with Crippen molar-refractivity contribution < 1.29 is 0 Å². The van der Waals surface area contributed by atoms with Gasteiger partial charge in [0.1, 0.15) is 0 Å². The van der Waals surface area contributed by atoms with E-state index >= 15 is 0 Å². The molecule has 1 aliphatic rings. The summed E-state index contributed by atoms with van der Waals surface area (Å²) in [6.45, 7) is 2.29. The lowest BCUT2D eigenvalue weighted by Gasteiger charge is -2.37. The van der Waals surface area contributed by atoms with E-state index in [1.54, 1.807) is 0 Å². The van der Waals surface area contributed by atoms with Gasteiger partial charge < -0.3 is 9.80 Å². The van der Waals surface area contributed by atoms with Gasteiger partial charge in [0.25, 0.3) is 0 Å². The van der Waals surface area contributed by atoms with Crippen molar-refractivity contribution in [2.45, 2.75) is 18.9 Å². The molecule has 0 N–H and O–H groups in total. The minimum atomic E-state index is 0.542. The van der Waals surface area contributed by atoms with Crippen molar-refractivity contribution in [2.24, 2.45) is 0 Å². The first-order valence-corrected chi connectivity index (χ1v) is 7.54. The van der Waals surface area contributed by atoms with Crippen molar-refractivity contribution in [3.63, 3.8) is 0 Å². The van der Waals surface area contributed by atoms with E-state index < -0.39 is 0 Å². The van der Waals surface area contributed by atoms with Crippen molar-refractivity contribution in [3.05, 3.63) is 42.0 Å². The molecule has 1 aliphatic heterocycles. The van der Waals surface area contributed by atoms with Gasteiger partial charge in [-0.15, -0.1) is 0 Å². The van der Waals surface area contributed by atoms with Crippen LogP contribution in [-0.4, -0.2) is 38.1 Å². The number of rotatable bonds is 2. The van der Waals surface area contributed by atoms with E-state index in [1.807, 2.05) is 24.3 Å². The van der Waals surface area contributed by atoms with Gasteiger partial charge in [0.05, 0.1) is 11.6 Å². The van der Waals surface area contributed by atoms with Gasteiger partial charge in [-0.25, -0.2) is 0 Å². The summed E-state index contributed by atoms with van der Waals surface area (Å²) < 4.78 is 0. The average molecular weight is 279 g/mol. The summed E-state index contributed by atoms with van der Waals surface area (Å²) in [6, 6.07) is 15.1. The third-order valence-corrected chi connectivity index (χ3v) is 4.55. The van der Waals surface area contributed by atoms with Crippen LogP contribution in [0.15, 0.2) is 36.4 Å². The fraction of sp³-hybridized carbons (Fsp3) is 0.389. The zero-order chi connectivity index (χ0) is 14.8. The van der Waals surface area contributed by atoms with Crippen LogP contribution in [0.25, 0.3) is 10.8 Å². The van der Waals surface area contributed by atoms with E-state index in [4.69, 9.17) is 0 Å². The second-order valence-electron chi connectivity index (χ2n) is 5.96. The summed E-state index contributed by atoms with van der Waals surface area (Å²) >= 11 is 0. The second kappa shape index (κ2) is 5.75. The van der Waals surface area contributed by atoms with Gasteiger partial charge in [-0.05, 0) is 38.6 Å². The molecule has 3 nitrogen and oxygen atoms in total. The molecule has 0 radical (unpaired) electrons. The van der Waals surface area contributed by atoms with Crippen LogP contribution in [0.4, 0.5) is 5.69 Å². The first-order chi connectivity index (χ1) is 10.2. The number of nitriles is 1. The summed E-state index contributed by atoms with van der Waals surface area (Å²) in [6.07, 6.45) is 2.48. The second-order valence-corrected chi connectivity index (χ2v) is 5.96. The fourth-order valence-electron chi connectivity index (χ4n) is 3.34. The van der Waals surface area contributed by atoms with E-state index in [0.717, 1.165) is 17.5 Å². The Bertz CT molecular complexity index is 686. The molecule has 0 amide bonds. The highest BCUT2D eigenvalue weighted by Gasteiger charge is 2.22. The minimum absolute atomic E-state index is 0.542. The Morgan fingerprint density at radius 3 is 2.67 bits per heavy atom. The molecule has 0 aromatic heterocycles. The highest BCUT2D eigenvalue weighted by atomic mass is 15.2. The van der Waals surface area contributed by atoms with Gasteiger partial charge in [-0.3, -0.25) is 0 Å². The molecule has 21 heavy (non-hydrogen) atoms. The van der Waals surface area contributed by atoms with Crippen LogP contribution in [0, 0.1) is 11.3 Å². The number of benzene rings is 2. The van der Waals surface area contributed by atoms with Crippen molar-refractivity contribution in [1.29, 1.82) is 5.26 Å². The largest absolute Gasteiger partial charge is 0.370 e. The topological polar surface area (TPSA) is 30.3 Å². The van der Waals surface area contributed by atoms with Crippen LogP contribution in [0.5, 0.6) is 0 Å². The number of likely N-dealkylation sites (N-methyl/N-ethyl adjacent to an activating group) is 2. The van der Waals surface area contributed by atoms with Gasteiger partial charge in [0, 0.05) is 36.1 Å². The normalized spacial score (nSPS) is 19.4. The van der Waals surface area contributed by atoms with Gasteiger partial charge in [0.2, 0.25) is 0 Å². The van der Waals surface area contributed by atoms with E-state index in [2.05, 4.69) is 42.1 Å². The molecular weight excluding hydrogens is 258 g/mol. The van der Waals surface area contributed by atoms with E-state index in [9.17, 15) is 5.26 Å². The molecule has 3 heteroatoms. The van der Waals surface area contributed by atoms with Crippen molar-refractivity contribution in [1.82, 2.24) is 4.90 Å². The molecule has 3 rings (SSSR count). The molecule has 108 valence electrons. The molecule has 2 aromatic rings. The standard InChI is InChI=1S/C18H21N3/c1-20-11-5-6-15(13-20)21(2)18-10-9-14(12-19)16-7-3-4-8-17(16)18/h3-4,7-10,15H,5-6,11,13H2,1-2H3. The predicted octanol–water partition coefficient (Wildman–Crippen LogP) is 3.24. The first kappa shape index (κ1) is 13.9. The number of nitrogens with zero attached hydrogens (tertiary/aromatic N) is 3. The van der Waals surface area contributed by atoms with Crippen LogP contribution >= 0.6 is 0 Å². The van der Waals surface area contributed by atoms with Gasteiger partial charge >= 0.3 is 0 Å². The molecule has 1 atom stereocenters. The number of fused-ring (bicyclic) bond motifs is 1. The lowest BCUT2D eigenvalue weighted by molar-refractivity contribution is 0.248. The Morgan fingerprint density at radius 2 is 1.95 bits per heavy atom.